The molecule has 21 heavy (non-hydrogen) atoms. The standard InChI is InChI=1S/C14H11ClFN5/c1-7-5-18-13(20-7)10-6-19-14(17)21-12(10)9-3-2-8(16)4-11(9)15/h2-6H,1H3,(H,18,20)(H2,17,19,21). The maximum atomic E-state index is 13.2. The SMILES string of the molecule is Cc1cnc(-c2cnc(N)nc2-c2ccc(F)cc2Cl)[nH]1. The average molecular weight is 304 g/mol. The van der Waals surface area contributed by atoms with Crippen molar-refractivity contribution in [1.29, 1.82) is 0 Å². The molecule has 0 bridgehead atoms. The van der Waals surface area contributed by atoms with Crippen molar-refractivity contribution in [3.05, 3.63) is 47.1 Å². The van der Waals surface area contributed by atoms with Crippen LogP contribution in [0.1, 0.15) is 5.69 Å². The van der Waals surface area contributed by atoms with E-state index in [2.05, 4.69) is 19.9 Å². The van der Waals surface area contributed by atoms with Gasteiger partial charge < -0.3 is 10.7 Å². The van der Waals surface area contributed by atoms with Gasteiger partial charge in [-0.3, -0.25) is 0 Å². The lowest BCUT2D eigenvalue weighted by Crippen LogP contribution is -2.00. The summed E-state index contributed by atoms with van der Waals surface area (Å²) < 4.78 is 13.2. The van der Waals surface area contributed by atoms with Crippen molar-refractivity contribution in [2.24, 2.45) is 0 Å². The number of nitrogen functional groups attached to an aromatic ring is 1. The Morgan fingerprint density at radius 3 is 2.67 bits per heavy atom. The summed E-state index contributed by atoms with van der Waals surface area (Å²) in [7, 11) is 0. The van der Waals surface area contributed by atoms with E-state index in [-0.39, 0.29) is 11.0 Å². The van der Waals surface area contributed by atoms with Crippen LogP contribution < -0.4 is 5.73 Å². The third-order valence-corrected chi connectivity index (χ3v) is 3.26. The van der Waals surface area contributed by atoms with Gasteiger partial charge in [0.2, 0.25) is 5.95 Å². The fourth-order valence-corrected chi connectivity index (χ4v) is 2.26. The molecule has 0 amide bonds. The van der Waals surface area contributed by atoms with E-state index in [9.17, 15) is 4.39 Å². The van der Waals surface area contributed by atoms with Crippen molar-refractivity contribution >= 4 is 17.5 Å². The summed E-state index contributed by atoms with van der Waals surface area (Å²) in [5, 5.41) is 0.248. The van der Waals surface area contributed by atoms with Crippen LogP contribution in [0.25, 0.3) is 22.6 Å². The van der Waals surface area contributed by atoms with Crippen LogP contribution in [-0.4, -0.2) is 19.9 Å². The number of rotatable bonds is 2. The molecule has 0 radical (unpaired) electrons. The van der Waals surface area contributed by atoms with Crippen LogP contribution >= 0.6 is 11.6 Å². The number of halogens is 2. The zero-order valence-electron chi connectivity index (χ0n) is 11.1. The summed E-state index contributed by atoms with van der Waals surface area (Å²) in [6.45, 7) is 1.89. The third kappa shape index (κ3) is 2.57. The number of nitrogens with two attached hydrogens (primary N) is 1. The van der Waals surface area contributed by atoms with Crippen LogP contribution in [0.2, 0.25) is 5.02 Å². The molecular weight excluding hydrogens is 293 g/mol. The number of aromatic nitrogens is 4. The Morgan fingerprint density at radius 2 is 2.00 bits per heavy atom. The van der Waals surface area contributed by atoms with Crippen LogP contribution in [0.4, 0.5) is 10.3 Å². The van der Waals surface area contributed by atoms with E-state index < -0.39 is 5.82 Å². The molecule has 0 unspecified atom stereocenters. The highest BCUT2D eigenvalue weighted by Crippen LogP contribution is 2.33. The second-order valence-electron chi connectivity index (χ2n) is 4.53. The largest absolute Gasteiger partial charge is 0.368 e. The molecule has 3 rings (SSSR count). The fourth-order valence-electron chi connectivity index (χ4n) is 2.01. The molecule has 3 N–H and O–H groups in total. The minimum Gasteiger partial charge on any atom is -0.368 e. The molecule has 0 atom stereocenters. The summed E-state index contributed by atoms with van der Waals surface area (Å²) >= 11 is 6.11. The first-order valence-corrected chi connectivity index (χ1v) is 6.52. The van der Waals surface area contributed by atoms with Crippen molar-refractivity contribution in [1.82, 2.24) is 19.9 Å². The highest BCUT2D eigenvalue weighted by Gasteiger charge is 2.16. The predicted octanol–water partition coefficient (Wildman–Crippen LogP) is 3.22. The number of aryl methyl sites for hydroxylation is 1. The first-order chi connectivity index (χ1) is 10.0. The third-order valence-electron chi connectivity index (χ3n) is 2.95. The van der Waals surface area contributed by atoms with Crippen LogP contribution in [-0.2, 0) is 0 Å². The summed E-state index contributed by atoms with van der Waals surface area (Å²) in [6.07, 6.45) is 3.26. The lowest BCUT2D eigenvalue weighted by Gasteiger charge is -2.09. The van der Waals surface area contributed by atoms with Crippen LogP contribution in [0, 0.1) is 12.7 Å². The van der Waals surface area contributed by atoms with Gasteiger partial charge in [-0.2, -0.15) is 0 Å². The minimum absolute atomic E-state index is 0.109. The van der Waals surface area contributed by atoms with Gasteiger partial charge in [0.1, 0.15) is 11.6 Å². The van der Waals surface area contributed by atoms with Crippen molar-refractivity contribution in [3.63, 3.8) is 0 Å². The molecule has 0 aliphatic rings. The summed E-state index contributed by atoms with van der Waals surface area (Å²) in [6, 6.07) is 4.10. The Hall–Kier alpha value is -2.47. The maximum absolute atomic E-state index is 13.2. The van der Waals surface area contributed by atoms with Gasteiger partial charge in [0.05, 0.1) is 16.3 Å². The normalized spacial score (nSPS) is 10.8. The first kappa shape index (κ1) is 13.5. The van der Waals surface area contributed by atoms with E-state index in [1.807, 2.05) is 6.92 Å². The molecule has 2 aromatic heterocycles. The van der Waals surface area contributed by atoms with E-state index in [1.54, 1.807) is 18.5 Å². The fraction of sp³-hybridized carbons (Fsp3) is 0.0714. The van der Waals surface area contributed by atoms with E-state index in [0.29, 0.717) is 22.6 Å². The average Bonchev–Trinajstić information content (AvgIpc) is 2.85. The molecule has 7 heteroatoms. The Labute approximate surface area is 125 Å². The molecule has 0 aliphatic heterocycles. The van der Waals surface area contributed by atoms with Crippen LogP contribution in [0.15, 0.2) is 30.6 Å². The monoisotopic (exact) mass is 303 g/mol. The summed E-state index contributed by atoms with van der Waals surface area (Å²) in [5.74, 6) is 0.293. The van der Waals surface area contributed by atoms with Crippen LogP contribution in [0.3, 0.4) is 0 Å². The van der Waals surface area contributed by atoms with Crippen molar-refractivity contribution in [2.75, 3.05) is 5.73 Å². The zero-order valence-corrected chi connectivity index (χ0v) is 11.8. The molecule has 0 saturated heterocycles. The van der Waals surface area contributed by atoms with Crippen LogP contribution in [0.5, 0.6) is 0 Å². The Bertz CT molecular complexity index is 815. The highest BCUT2D eigenvalue weighted by atomic mass is 35.5. The molecule has 0 fully saturated rings. The van der Waals surface area contributed by atoms with E-state index in [1.165, 1.54) is 12.1 Å². The molecule has 106 valence electrons. The van der Waals surface area contributed by atoms with Gasteiger partial charge in [0.15, 0.2) is 0 Å². The summed E-state index contributed by atoms with van der Waals surface area (Å²) in [4.78, 5) is 15.6. The van der Waals surface area contributed by atoms with E-state index >= 15 is 0 Å². The lowest BCUT2D eigenvalue weighted by molar-refractivity contribution is 0.628. The predicted molar refractivity (Wildman–Crippen MR) is 79.2 cm³/mol. The quantitative estimate of drug-likeness (QED) is 0.761. The Kier molecular flexibility index (Phi) is 3.31. The minimum atomic E-state index is -0.416. The zero-order chi connectivity index (χ0) is 15.0. The van der Waals surface area contributed by atoms with Gasteiger partial charge in [0, 0.05) is 23.7 Å². The molecule has 5 nitrogen and oxygen atoms in total. The number of aromatic amines is 1. The van der Waals surface area contributed by atoms with Gasteiger partial charge in [0.25, 0.3) is 0 Å². The molecule has 2 heterocycles. The number of H-pyrrole nitrogens is 1. The molecule has 1 aromatic carbocycles. The Balaban J connectivity index is 2.23. The summed E-state index contributed by atoms with van der Waals surface area (Å²) in [5.41, 5.74) is 8.27. The number of nitrogens with one attached hydrogen (secondary N) is 1. The lowest BCUT2D eigenvalue weighted by atomic mass is 10.1. The molecule has 0 saturated carbocycles. The maximum Gasteiger partial charge on any atom is 0.220 e. The van der Waals surface area contributed by atoms with Gasteiger partial charge in [-0.05, 0) is 25.1 Å². The van der Waals surface area contributed by atoms with Crippen molar-refractivity contribution in [3.8, 4) is 22.6 Å². The number of anilines is 1. The number of nitrogens with zero attached hydrogens (tertiary/aromatic N) is 3. The topological polar surface area (TPSA) is 80.5 Å². The molecule has 0 aliphatic carbocycles. The number of hydrogen-bond acceptors (Lipinski definition) is 4. The number of benzene rings is 1. The molecule has 0 spiro atoms. The molecule has 3 aromatic rings. The first-order valence-electron chi connectivity index (χ1n) is 6.14. The second-order valence-corrected chi connectivity index (χ2v) is 4.94. The van der Waals surface area contributed by atoms with Crippen molar-refractivity contribution in [2.45, 2.75) is 6.92 Å². The Morgan fingerprint density at radius 1 is 1.19 bits per heavy atom. The number of hydrogen-bond donors (Lipinski definition) is 2. The van der Waals surface area contributed by atoms with Gasteiger partial charge >= 0.3 is 0 Å². The van der Waals surface area contributed by atoms with Gasteiger partial charge in [-0.25, -0.2) is 19.3 Å². The van der Waals surface area contributed by atoms with E-state index in [4.69, 9.17) is 17.3 Å². The number of imidazole rings is 1. The second kappa shape index (κ2) is 5.14. The van der Waals surface area contributed by atoms with Gasteiger partial charge in [-0.15, -0.1) is 0 Å². The van der Waals surface area contributed by atoms with Gasteiger partial charge in [-0.1, -0.05) is 11.6 Å². The molecular formula is C14H11ClFN5. The van der Waals surface area contributed by atoms with Crippen molar-refractivity contribution < 1.29 is 4.39 Å². The highest BCUT2D eigenvalue weighted by molar-refractivity contribution is 6.33. The smallest absolute Gasteiger partial charge is 0.220 e. The van der Waals surface area contributed by atoms with E-state index in [0.717, 1.165) is 5.69 Å².